The molecule has 0 bridgehead atoms. The van der Waals surface area contributed by atoms with Gasteiger partial charge in [-0.1, -0.05) is 32.0 Å². The predicted octanol–water partition coefficient (Wildman–Crippen LogP) is 1.39. The van der Waals surface area contributed by atoms with Gasteiger partial charge in [-0.2, -0.15) is 0 Å². The second-order valence-electron chi connectivity index (χ2n) is 5.98. The quantitative estimate of drug-likeness (QED) is 0.779. The number of para-hydroxylation sites is 1. The molecule has 1 heterocycles. The Morgan fingerprint density at radius 3 is 2.45 bits per heavy atom. The number of urea groups is 1. The zero-order valence-electron chi connectivity index (χ0n) is 13.1. The fraction of sp³-hybridized carbons (Fsp3) is 0.500. The lowest BCUT2D eigenvalue weighted by Crippen LogP contribution is -2.49. The fourth-order valence-corrected chi connectivity index (χ4v) is 2.25. The van der Waals surface area contributed by atoms with Gasteiger partial charge in [0.25, 0.3) is 5.91 Å². The summed E-state index contributed by atoms with van der Waals surface area (Å²) in [4.78, 5) is 25.4. The number of ether oxygens (including phenoxy) is 1. The van der Waals surface area contributed by atoms with Crippen LogP contribution in [0.2, 0.25) is 0 Å². The average Bonchev–Trinajstić information content (AvgIpc) is 2.71. The first-order valence-corrected chi connectivity index (χ1v) is 7.34. The Morgan fingerprint density at radius 2 is 1.91 bits per heavy atom. The summed E-state index contributed by atoms with van der Waals surface area (Å²) in [6.07, 6.45) is -0.940. The van der Waals surface area contributed by atoms with Crippen LogP contribution in [0.15, 0.2) is 30.3 Å². The molecule has 1 aromatic rings. The highest BCUT2D eigenvalue weighted by Gasteiger charge is 2.49. The maximum absolute atomic E-state index is 12.4. The van der Waals surface area contributed by atoms with Crippen molar-refractivity contribution < 1.29 is 19.4 Å². The number of aliphatic hydroxyl groups is 1. The van der Waals surface area contributed by atoms with Gasteiger partial charge in [0.1, 0.15) is 24.0 Å². The van der Waals surface area contributed by atoms with E-state index in [1.807, 2.05) is 32.0 Å². The van der Waals surface area contributed by atoms with E-state index in [-0.39, 0.29) is 25.0 Å². The van der Waals surface area contributed by atoms with Gasteiger partial charge in [0.15, 0.2) is 0 Å². The molecule has 22 heavy (non-hydrogen) atoms. The van der Waals surface area contributed by atoms with Crippen LogP contribution in [0.3, 0.4) is 0 Å². The summed E-state index contributed by atoms with van der Waals surface area (Å²) >= 11 is 0. The molecule has 6 heteroatoms. The highest BCUT2D eigenvalue weighted by Crippen LogP contribution is 2.25. The summed E-state index contributed by atoms with van der Waals surface area (Å²) in [5.41, 5.74) is -0.920. The van der Waals surface area contributed by atoms with Gasteiger partial charge in [-0.05, 0) is 25.0 Å². The van der Waals surface area contributed by atoms with Crippen molar-refractivity contribution in [3.8, 4) is 5.75 Å². The van der Waals surface area contributed by atoms with Gasteiger partial charge in [0, 0.05) is 0 Å². The number of nitrogens with one attached hydrogen (secondary N) is 1. The molecule has 6 nitrogen and oxygen atoms in total. The molecule has 2 N–H and O–H groups in total. The number of β-amino-alcohol motifs (C(OH)–C–C–N with tert-alkyl or cyclic N) is 1. The lowest BCUT2D eigenvalue weighted by atomic mass is 9.88. The molecule has 1 fully saturated rings. The number of carbonyl (C=O) groups is 2. The molecule has 2 unspecified atom stereocenters. The van der Waals surface area contributed by atoms with Crippen LogP contribution >= 0.6 is 0 Å². The number of benzene rings is 1. The summed E-state index contributed by atoms with van der Waals surface area (Å²) in [6, 6.07) is 8.59. The number of aliphatic hydroxyl groups excluding tert-OH is 1. The van der Waals surface area contributed by atoms with Crippen molar-refractivity contribution in [3.63, 3.8) is 0 Å². The molecule has 0 aromatic heterocycles. The Kier molecular flexibility index (Phi) is 4.71. The van der Waals surface area contributed by atoms with Crippen LogP contribution in [-0.4, -0.2) is 46.7 Å². The molecule has 0 aliphatic carbocycles. The molecular formula is C16H22N2O4. The van der Waals surface area contributed by atoms with E-state index in [4.69, 9.17) is 4.74 Å². The first-order chi connectivity index (χ1) is 10.3. The molecule has 1 aromatic carbocycles. The third-order valence-electron chi connectivity index (χ3n) is 4.03. The molecule has 1 saturated heterocycles. The lowest BCUT2D eigenvalue weighted by molar-refractivity contribution is -0.133. The van der Waals surface area contributed by atoms with Crippen molar-refractivity contribution in [2.75, 3.05) is 13.2 Å². The van der Waals surface area contributed by atoms with Crippen molar-refractivity contribution >= 4 is 11.9 Å². The minimum atomic E-state index is -0.940. The van der Waals surface area contributed by atoms with Crippen LogP contribution in [0.4, 0.5) is 4.79 Å². The largest absolute Gasteiger partial charge is 0.491 e. The van der Waals surface area contributed by atoms with E-state index in [1.54, 1.807) is 19.1 Å². The van der Waals surface area contributed by atoms with E-state index in [0.717, 1.165) is 4.90 Å². The van der Waals surface area contributed by atoms with Crippen molar-refractivity contribution in [2.45, 2.75) is 32.4 Å². The molecule has 1 aliphatic heterocycles. The standard InChI is InChI=1S/C16H22N2O4/c1-11(2)16(3)14(20)18(15(21)17-16)9-12(19)10-22-13-7-5-4-6-8-13/h4-8,11-12,19H,9-10H2,1-3H3,(H,17,21). The van der Waals surface area contributed by atoms with Crippen molar-refractivity contribution in [3.05, 3.63) is 30.3 Å². The normalized spacial score (nSPS) is 22.9. The Morgan fingerprint density at radius 1 is 1.27 bits per heavy atom. The maximum Gasteiger partial charge on any atom is 0.325 e. The topological polar surface area (TPSA) is 78.9 Å². The van der Waals surface area contributed by atoms with E-state index < -0.39 is 17.7 Å². The Balaban J connectivity index is 1.93. The van der Waals surface area contributed by atoms with Crippen molar-refractivity contribution in [1.29, 1.82) is 0 Å². The third kappa shape index (κ3) is 3.22. The van der Waals surface area contributed by atoms with Crippen LogP contribution in [0.1, 0.15) is 20.8 Å². The predicted molar refractivity (Wildman–Crippen MR) is 81.4 cm³/mol. The molecule has 2 atom stereocenters. The maximum atomic E-state index is 12.4. The highest BCUT2D eigenvalue weighted by atomic mass is 16.5. The smallest absolute Gasteiger partial charge is 0.325 e. The van der Waals surface area contributed by atoms with Gasteiger partial charge >= 0.3 is 6.03 Å². The van der Waals surface area contributed by atoms with E-state index in [0.29, 0.717) is 5.75 Å². The number of imide groups is 1. The van der Waals surface area contributed by atoms with Crippen LogP contribution in [0, 0.1) is 5.92 Å². The monoisotopic (exact) mass is 306 g/mol. The molecule has 120 valence electrons. The average molecular weight is 306 g/mol. The first kappa shape index (κ1) is 16.3. The molecule has 0 radical (unpaired) electrons. The second-order valence-corrected chi connectivity index (χ2v) is 5.98. The van der Waals surface area contributed by atoms with Gasteiger partial charge in [-0.25, -0.2) is 4.79 Å². The Hall–Kier alpha value is -2.08. The Bertz CT molecular complexity index is 546. The minimum absolute atomic E-state index is 0.0134. The SMILES string of the molecule is CC(C)C1(C)NC(=O)N(CC(O)COc2ccccc2)C1=O. The molecule has 3 amide bonds. The lowest BCUT2D eigenvalue weighted by Gasteiger charge is -2.26. The number of nitrogens with zero attached hydrogens (tertiary/aromatic N) is 1. The van der Waals surface area contributed by atoms with E-state index in [9.17, 15) is 14.7 Å². The third-order valence-corrected chi connectivity index (χ3v) is 4.03. The van der Waals surface area contributed by atoms with Crippen molar-refractivity contribution in [1.82, 2.24) is 10.2 Å². The number of carbonyl (C=O) groups excluding carboxylic acids is 2. The van der Waals surface area contributed by atoms with Crippen LogP contribution in [0.5, 0.6) is 5.75 Å². The number of rotatable bonds is 6. The second kappa shape index (κ2) is 6.36. The summed E-state index contributed by atoms with van der Waals surface area (Å²) in [5, 5.41) is 12.7. The minimum Gasteiger partial charge on any atom is -0.491 e. The highest BCUT2D eigenvalue weighted by molar-refractivity contribution is 6.06. The fourth-order valence-electron chi connectivity index (χ4n) is 2.25. The van der Waals surface area contributed by atoms with Gasteiger partial charge in [-0.15, -0.1) is 0 Å². The zero-order valence-corrected chi connectivity index (χ0v) is 13.1. The van der Waals surface area contributed by atoms with Crippen molar-refractivity contribution in [2.24, 2.45) is 5.92 Å². The van der Waals surface area contributed by atoms with Crippen LogP contribution < -0.4 is 10.1 Å². The van der Waals surface area contributed by atoms with Gasteiger partial charge < -0.3 is 15.2 Å². The van der Waals surface area contributed by atoms with Crippen LogP contribution in [0.25, 0.3) is 0 Å². The zero-order chi connectivity index (χ0) is 16.3. The number of hydrogen-bond donors (Lipinski definition) is 2. The molecule has 0 saturated carbocycles. The van der Waals surface area contributed by atoms with E-state index in [2.05, 4.69) is 5.32 Å². The summed E-state index contributed by atoms with van der Waals surface area (Å²) in [7, 11) is 0. The van der Waals surface area contributed by atoms with Gasteiger partial charge in [0.2, 0.25) is 0 Å². The molecular weight excluding hydrogens is 284 g/mol. The summed E-state index contributed by atoms with van der Waals surface area (Å²) < 4.78 is 5.43. The molecule has 1 aliphatic rings. The van der Waals surface area contributed by atoms with E-state index >= 15 is 0 Å². The van der Waals surface area contributed by atoms with E-state index in [1.165, 1.54) is 0 Å². The molecule has 0 spiro atoms. The molecule has 2 rings (SSSR count). The van der Waals surface area contributed by atoms with Gasteiger partial charge in [-0.3, -0.25) is 9.69 Å². The number of hydrogen-bond acceptors (Lipinski definition) is 4. The number of amides is 3. The van der Waals surface area contributed by atoms with Gasteiger partial charge in [0.05, 0.1) is 6.54 Å². The summed E-state index contributed by atoms with van der Waals surface area (Å²) in [5.74, 6) is 0.281. The summed E-state index contributed by atoms with van der Waals surface area (Å²) in [6.45, 7) is 5.37. The van der Waals surface area contributed by atoms with Crippen LogP contribution in [-0.2, 0) is 4.79 Å². The first-order valence-electron chi connectivity index (χ1n) is 7.34. The Labute approximate surface area is 130 Å².